The first-order chi connectivity index (χ1) is 10.1. The molecule has 2 aromatic carbocycles. The second kappa shape index (κ2) is 6.85. The molecule has 2 amide bonds. The quantitative estimate of drug-likeness (QED) is 0.852. The molecule has 2 aromatic rings. The van der Waals surface area contributed by atoms with E-state index in [9.17, 15) is 14.0 Å². The van der Waals surface area contributed by atoms with Crippen LogP contribution in [0.25, 0.3) is 0 Å². The van der Waals surface area contributed by atoms with E-state index in [2.05, 4.69) is 10.6 Å². The van der Waals surface area contributed by atoms with Gasteiger partial charge in [0.2, 0.25) is 5.91 Å². The maximum Gasteiger partial charge on any atom is 0.258 e. The molecule has 6 heteroatoms. The van der Waals surface area contributed by atoms with Crippen molar-refractivity contribution in [3.63, 3.8) is 0 Å². The minimum Gasteiger partial charge on any atom is -0.323 e. The van der Waals surface area contributed by atoms with Crippen molar-refractivity contribution < 1.29 is 14.0 Å². The summed E-state index contributed by atoms with van der Waals surface area (Å²) in [5.74, 6) is -1.81. The Bertz CT molecular complexity index is 676. The van der Waals surface area contributed by atoms with E-state index in [1.807, 2.05) is 0 Å². The highest BCUT2D eigenvalue weighted by atomic mass is 35.5. The number of nitrogens with one attached hydrogen (secondary N) is 2. The molecule has 0 saturated heterocycles. The van der Waals surface area contributed by atoms with Gasteiger partial charge >= 0.3 is 0 Å². The van der Waals surface area contributed by atoms with Crippen molar-refractivity contribution in [2.75, 3.05) is 16.5 Å². The summed E-state index contributed by atoms with van der Waals surface area (Å²) in [5, 5.41) is 5.11. The zero-order chi connectivity index (χ0) is 15.2. The molecule has 0 aliphatic rings. The minimum atomic E-state index is -0.614. The van der Waals surface area contributed by atoms with Crippen LogP contribution in [0.2, 0.25) is 0 Å². The van der Waals surface area contributed by atoms with E-state index in [1.165, 1.54) is 18.2 Å². The lowest BCUT2D eigenvalue weighted by atomic mass is 10.2. The highest BCUT2D eigenvalue weighted by Gasteiger charge is 2.13. The summed E-state index contributed by atoms with van der Waals surface area (Å²) < 4.78 is 13.6. The maximum absolute atomic E-state index is 13.6. The van der Waals surface area contributed by atoms with E-state index in [4.69, 9.17) is 11.6 Å². The molecule has 0 aliphatic heterocycles. The molecule has 21 heavy (non-hydrogen) atoms. The van der Waals surface area contributed by atoms with Gasteiger partial charge in [0.25, 0.3) is 5.91 Å². The average molecular weight is 307 g/mol. The summed E-state index contributed by atoms with van der Waals surface area (Å²) in [5.41, 5.74) is 0.688. The first-order valence-corrected chi connectivity index (χ1v) is 6.66. The lowest BCUT2D eigenvalue weighted by Gasteiger charge is -2.11. The van der Waals surface area contributed by atoms with Gasteiger partial charge < -0.3 is 10.6 Å². The third-order valence-corrected chi connectivity index (χ3v) is 2.93. The lowest BCUT2D eigenvalue weighted by Crippen LogP contribution is -2.18. The Morgan fingerprint density at radius 2 is 1.52 bits per heavy atom. The van der Waals surface area contributed by atoms with Crippen molar-refractivity contribution in [1.29, 1.82) is 0 Å². The SMILES string of the molecule is O=C(CCl)Nc1ccccc1NC(=O)c1ccccc1F. The molecule has 0 spiro atoms. The van der Waals surface area contributed by atoms with E-state index in [1.54, 1.807) is 30.3 Å². The molecule has 4 nitrogen and oxygen atoms in total. The van der Waals surface area contributed by atoms with Crippen LogP contribution < -0.4 is 10.6 Å². The molecule has 0 saturated carbocycles. The van der Waals surface area contributed by atoms with Gasteiger partial charge in [-0.05, 0) is 24.3 Å². The van der Waals surface area contributed by atoms with Gasteiger partial charge in [-0.3, -0.25) is 9.59 Å². The Morgan fingerprint density at radius 1 is 0.952 bits per heavy atom. The van der Waals surface area contributed by atoms with Crippen LogP contribution in [0.4, 0.5) is 15.8 Å². The Labute approximate surface area is 125 Å². The Morgan fingerprint density at radius 3 is 2.14 bits per heavy atom. The van der Waals surface area contributed by atoms with Gasteiger partial charge in [-0.1, -0.05) is 24.3 Å². The fourth-order valence-corrected chi connectivity index (χ4v) is 1.79. The molecule has 0 heterocycles. The molecule has 0 aromatic heterocycles. The highest BCUT2D eigenvalue weighted by Crippen LogP contribution is 2.22. The number of anilines is 2. The Kier molecular flexibility index (Phi) is 4.90. The molecule has 0 radical (unpaired) electrons. The molecule has 0 unspecified atom stereocenters. The van der Waals surface area contributed by atoms with Crippen LogP contribution in [-0.4, -0.2) is 17.7 Å². The molecule has 2 N–H and O–H groups in total. The van der Waals surface area contributed by atoms with Crippen LogP contribution in [0.3, 0.4) is 0 Å². The summed E-state index contributed by atoms with van der Waals surface area (Å²) in [7, 11) is 0. The molecule has 2 rings (SSSR count). The number of carbonyl (C=O) groups excluding carboxylic acids is 2. The van der Waals surface area contributed by atoms with Crippen molar-refractivity contribution >= 4 is 34.8 Å². The third kappa shape index (κ3) is 3.79. The monoisotopic (exact) mass is 306 g/mol. The summed E-state index contributed by atoms with van der Waals surface area (Å²) in [4.78, 5) is 23.4. The topological polar surface area (TPSA) is 58.2 Å². The van der Waals surface area contributed by atoms with Gasteiger partial charge in [0.1, 0.15) is 11.7 Å². The normalized spacial score (nSPS) is 10.0. The summed E-state index contributed by atoms with van der Waals surface area (Å²) in [6.45, 7) is 0. The van der Waals surface area contributed by atoms with Crippen molar-refractivity contribution in [3.8, 4) is 0 Å². The molecule has 0 aliphatic carbocycles. The number of para-hydroxylation sites is 2. The number of benzene rings is 2. The van der Waals surface area contributed by atoms with Crippen LogP contribution in [0.1, 0.15) is 10.4 Å². The zero-order valence-corrected chi connectivity index (χ0v) is 11.7. The van der Waals surface area contributed by atoms with Gasteiger partial charge in [-0.25, -0.2) is 4.39 Å². The Balaban J connectivity index is 2.22. The molecular weight excluding hydrogens is 295 g/mol. The summed E-state index contributed by atoms with van der Waals surface area (Å²) in [6, 6.07) is 12.3. The lowest BCUT2D eigenvalue weighted by molar-refractivity contribution is -0.113. The van der Waals surface area contributed by atoms with Crippen molar-refractivity contribution in [2.24, 2.45) is 0 Å². The van der Waals surface area contributed by atoms with Crippen molar-refractivity contribution in [2.45, 2.75) is 0 Å². The number of hydrogen-bond acceptors (Lipinski definition) is 2. The number of carbonyl (C=O) groups is 2. The first kappa shape index (κ1) is 15.0. The standard InChI is InChI=1S/C15H12ClFN2O2/c16-9-14(20)18-12-7-3-4-8-13(12)19-15(21)10-5-1-2-6-11(10)17/h1-8H,9H2,(H,18,20)(H,19,21). The second-order valence-electron chi connectivity index (χ2n) is 4.16. The van der Waals surface area contributed by atoms with Gasteiger partial charge in [0.15, 0.2) is 0 Å². The summed E-state index contributed by atoms with van der Waals surface area (Å²) >= 11 is 5.43. The van der Waals surface area contributed by atoms with E-state index in [0.29, 0.717) is 11.4 Å². The molecule has 0 atom stereocenters. The largest absolute Gasteiger partial charge is 0.323 e. The maximum atomic E-state index is 13.6. The molecule has 108 valence electrons. The number of alkyl halides is 1. The third-order valence-electron chi connectivity index (χ3n) is 2.69. The van der Waals surface area contributed by atoms with E-state index in [-0.39, 0.29) is 11.4 Å². The molecular formula is C15H12ClFN2O2. The van der Waals surface area contributed by atoms with Gasteiger partial charge in [0, 0.05) is 0 Å². The molecule has 0 fully saturated rings. The van der Waals surface area contributed by atoms with Gasteiger partial charge in [-0.15, -0.1) is 11.6 Å². The fraction of sp³-hybridized carbons (Fsp3) is 0.0667. The first-order valence-electron chi connectivity index (χ1n) is 6.12. The van der Waals surface area contributed by atoms with Crippen molar-refractivity contribution in [1.82, 2.24) is 0 Å². The number of rotatable bonds is 4. The number of amides is 2. The predicted octanol–water partition coefficient (Wildman–Crippen LogP) is 3.26. The summed E-state index contributed by atoms with van der Waals surface area (Å²) in [6.07, 6.45) is 0. The Hall–Kier alpha value is -2.40. The van der Waals surface area contributed by atoms with Crippen LogP contribution in [-0.2, 0) is 4.79 Å². The zero-order valence-electron chi connectivity index (χ0n) is 10.9. The van der Waals surface area contributed by atoms with E-state index in [0.717, 1.165) is 0 Å². The highest BCUT2D eigenvalue weighted by molar-refractivity contribution is 6.29. The van der Waals surface area contributed by atoms with Gasteiger partial charge in [0.05, 0.1) is 16.9 Å². The smallest absolute Gasteiger partial charge is 0.258 e. The van der Waals surface area contributed by atoms with Crippen LogP contribution in [0, 0.1) is 5.82 Å². The van der Waals surface area contributed by atoms with E-state index < -0.39 is 17.6 Å². The second-order valence-corrected chi connectivity index (χ2v) is 4.43. The average Bonchev–Trinajstić information content (AvgIpc) is 2.49. The molecule has 0 bridgehead atoms. The predicted molar refractivity (Wildman–Crippen MR) is 80.1 cm³/mol. The van der Waals surface area contributed by atoms with Gasteiger partial charge in [-0.2, -0.15) is 0 Å². The van der Waals surface area contributed by atoms with Crippen LogP contribution in [0.15, 0.2) is 48.5 Å². The van der Waals surface area contributed by atoms with E-state index >= 15 is 0 Å². The van der Waals surface area contributed by atoms with Crippen LogP contribution in [0.5, 0.6) is 0 Å². The minimum absolute atomic E-state index is 0.0732. The van der Waals surface area contributed by atoms with Crippen LogP contribution >= 0.6 is 11.6 Å². The number of halogens is 2. The fourth-order valence-electron chi connectivity index (χ4n) is 1.72. The van der Waals surface area contributed by atoms with Crippen molar-refractivity contribution in [3.05, 3.63) is 59.9 Å². The number of hydrogen-bond donors (Lipinski definition) is 2.